The molecule has 3 heterocycles. The molecule has 31 heavy (non-hydrogen) atoms. The van der Waals surface area contributed by atoms with Crippen LogP contribution in [-0.2, 0) is 11.3 Å². The van der Waals surface area contributed by atoms with Crippen LogP contribution in [-0.4, -0.2) is 82.1 Å². The maximum Gasteiger partial charge on any atom is 0.272 e. The van der Waals surface area contributed by atoms with Crippen LogP contribution >= 0.6 is 0 Å². The summed E-state index contributed by atoms with van der Waals surface area (Å²) in [5.74, 6) is -0.742. The van der Waals surface area contributed by atoms with E-state index in [4.69, 9.17) is 0 Å². The van der Waals surface area contributed by atoms with Gasteiger partial charge in [0.25, 0.3) is 11.8 Å². The monoisotopic (exact) mass is 430 g/mol. The van der Waals surface area contributed by atoms with Crippen molar-refractivity contribution in [1.82, 2.24) is 30.2 Å². The van der Waals surface area contributed by atoms with Gasteiger partial charge in [-0.05, 0) is 45.7 Å². The van der Waals surface area contributed by atoms with Crippen molar-refractivity contribution in [3.8, 4) is 0 Å². The molecular weight excluding hydrogens is 396 g/mol. The van der Waals surface area contributed by atoms with Crippen LogP contribution in [0.5, 0.6) is 0 Å². The van der Waals surface area contributed by atoms with Crippen LogP contribution in [0.1, 0.15) is 72.8 Å². The average Bonchev–Trinajstić information content (AvgIpc) is 3.43. The summed E-state index contributed by atoms with van der Waals surface area (Å²) in [6.07, 6.45) is 7.84. The van der Waals surface area contributed by atoms with Crippen LogP contribution < -0.4 is 10.6 Å². The van der Waals surface area contributed by atoms with E-state index in [1.807, 2.05) is 0 Å². The molecule has 3 amide bonds. The van der Waals surface area contributed by atoms with Gasteiger partial charge in [0, 0.05) is 32.2 Å². The van der Waals surface area contributed by atoms with E-state index in [1.165, 1.54) is 34.9 Å². The third-order valence-corrected chi connectivity index (χ3v) is 7.08. The summed E-state index contributed by atoms with van der Waals surface area (Å²) in [6, 6.07) is 1.69. The molecule has 1 saturated carbocycles. The number of carbonyl (C=O) groups excluding carboxylic acids is 3. The van der Waals surface area contributed by atoms with Crippen molar-refractivity contribution in [2.45, 2.75) is 70.0 Å². The summed E-state index contributed by atoms with van der Waals surface area (Å²) >= 11 is 0. The Bertz CT molecular complexity index is 840. The lowest BCUT2D eigenvalue weighted by Crippen LogP contribution is -2.63. The molecule has 1 atom stereocenters. The van der Waals surface area contributed by atoms with Crippen molar-refractivity contribution < 1.29 is 14.4 Å². The van der Waals surface area contributed by atoms with Crippen LogP contribution in [0.3, 0.4) is 0 Å². The van der Waals surface area contributed by atoms with Crippen molar-refractivity contribution in [2.75, 3.05) is 33.2 Å². The molecule has 1 saturated heterocycles. The van der Waals surface area contributed by atoms with Gasteiger partial charge in [-0.3, -0.25) is 19.1 Å². The van der Waals surface area contributed by atoms with E-state index in [1.54, 1.807) is 14.0 Å². The van der Waals surface area contributed by atoms with Gasteiger partial charge in [0.2, 0.25) is 5.91 Å². The van der Waals surface area contributed by atoms with E-state index < -0.39 is 5.54 Å². The predicted octanol–water partition coefficient (Wildman–Crippen LogP) is 1.00. The first kappa shape index (κ1) is 21.8. The zero-order valence-corrected chi connectivity index (χ0v) is 18.7. The quantitative estimate of drug-likeness (QED) is 0.702. The molecule has 0 radical (unpaired) electrons. The first-order chi connectivity index (χ1) is 14.9. The fourth-order valence-corrected chi connectivity index (χ4v) is 4.85. The molecule has 0 unspecified atom stereocenters. The smallest absolute Gasteiger partial charge is 0.272 e. The number of nitrogens with zero attached hydrogens (tertiary/aromatic N) is 4. The number of carbonyl (C=O) groups is 3. The highest BCUT2D eigenvalue weighted by Crippen LogP contribution is 2.27. The SMILES string of the molecule is CN1C(=O)c2cc(C(=O)NCCN3CCCC3)nn2C[C@]1(C)C(=O)NC1CCCCC1. The van der Waals surface area contributed by atoms with E-state index in [9.17, 15) is 14.4 Å². The summed E-state index contributed by atoms with van der Waals surface area (Å²) in [7, 11) is 1.65. The molecule has 0 bridgehead atoms. The van der Waals surface area contributed by atoms with Crippen molar-refractivity contribution in [3.63, 3.8) is 0 Å². The summed E-state index contributed by atoms with van der Waals surface area (Å²) in [5.41, 5.74) is -0.484. The van der Waals surface area contributed by atoms with Crippen molar-refractivity contribution in [1.29, 1.82) is 0 Å². The van der Waals surface area contributed by atoms with E-state index >= 15 is 0 Å². The lowest BCUT2D eigenvalue weighted by Gasteiger charge is -2.41. The van der Waals surface area contributed by atoms with E-state index in [0.29, 0.717) is 12.2 Å². The summed E-state index contributed by atoms with van der Waals surface area (Å²) < 4.78 is 1.51. The Morgan fingerprint density at radius 2 is 1.87 bits per heavy atom. The molecule has 9 heteroatoms. The third-order valence-electron chi connectivity index (χ3n) is 7.08. The Balaban J connectivity index is 1.42. The highest BCUT2D eigenvalue weighted by Gasteiger charge is 2.46. The van der Waals surface area contributed by atoms with Crippen molar-refractivity contribution in [3.05, 3.63) is 17.5 Å². The second kappa shape index (κ2) is 8.98. The minimum Gasteiger partial charge on any atom is -0.351 e. The summed E-state index contributed by atoms with van der Waals surface area (Å²) in [5, 5.41) is 10.4. The number of rotatable bonds is 6. The lowest BCUT2D eigenvalue weighted by molar-refractivity contribution is -0.133. The molecule has 4 rings (SSSR count). The molecule has 170 valence electrons. The average molecular weight is 431 g/mol. The molecule has 1 aromatic heterocycles. The number of likely N-dealkylation sites (N-methyl/N-ethyl adjacent to an activating group) is 1. The Hall–Kier alpha value is -2.42. The fourth-order valence-electron chi connectivity index (χ4n) is 4.85. The minimum absolute atomic E-state index is 0.159. The second-order valence-corrected chi connectivity index (χ2v) is 9.32. The Labute approximate surface area is 183 Å². The molecule has 2 N–H and O–H groups in total. The number of nitrogens with one attached hydrogen (secondary N) is 2. The first-order valence-corrected chi connectivity index (χ1v) is 11.6. The van der Waals surface area contributed by atoms with Gasteiger partial charge in [-0.1, -0.05) is 19.3 Å². The fraction of sp³-hybridized carbons (Fsp3) is 0.727. The molecule has 2 fully saturated rings. The summed E-state index contributed by atoms with van der Waals surface area (Å²) in [4.78, 5) is 42.5. The number of amides is 3. The van der Waals surface area contributed by atoms with Crippen molar-refractivity contribution >= 4 is 17.7 Å². The van der Waals surface area contributed by atoms with Crippen LogP contribution in [0.4, 0.5) is 0 Å². The molecule has 1 aliphatic carbocycles. The number of aromatic nitrogens is 2. The zero-order valence-electron chi connectivity index (χ0n) is 18.7. The van der Waals surface area contributed by atoms with Gasteiger partial charge in [0.05, 0.1) is 6.54 Å². The van der Waals surface area contributed by atoms with Crippen molar-refractivity contribution in [2.24, 2.45) is 0 Å². The topological polar surface area (TPSA) is 99.6 Å². The zero-order chi connectivity index (χ0) is 22.0. The maximum absolute atomic E-state index is 13.1. The largest absolute Gasteiger partial charge is 0.351 e. The van der Waals surface area contributed by atoms with E-state index in [-0.39, 0.29) is 36.0 Å². The van der Waals surface area contributed by atoms with Gasteiger partial charge in [-0.25, -0.2) is 0 Å². The highest BCUT2D eigenvalue weighted by atomic mass is 16.2. The maximum atomic E-state index is 13.1. The third kappa shape index (κ3) is 4.46. The number of likely N-dealkylation sites (tertiary alicyclic amines) is 1. The first-order valence-electron chi connectivity index (χ1n) is 11.6. The van der Waals surface area contributed by atoms with Gasteiger partial charge < -0.3 is 20.4 Å². The molecule has 1 aromatic rings. The Kier molecular flexibility index (Phi) is 6.31. The van der Waals surface area contributed by atoms with Crippen LogP contribution in [0.2, 0.25) is 0 Å². The minimum atomic E-state index is -1.04. The van der Waals surface area contributed by atoms with Gasteiger partial charge in [-0.2, -0.15) is 5.10 Å². The Morgan fingerprint density at radius 3 is 2.58 bits per heavy atom. The Morgan fingerprint density at radius 1 is 1.16 bits per heavy atom. The van der Waals surface area contributed by atoms with Crippen LogP contribution in [0, 0.1) is 0 Å². The summed E-state index contributed by atoms with van der Waals surface area (Å²) in [6.45, 7) is 5.53. The van der Waals surface area contributed by atoms with Gasteiger partial charge >= 0.3 is 0 Å². The predicted molar refractivity (Wildman–Crippen MR) is 116 cm³/mol. The van der Waals surface area contributed by atoms with E-state index in [0.717, 1.165) is 45.3 Å². The van der Waals surface area contributed by atoms with E-state index in [2.05, 4.69) is 20.6 Å². The molecule has 9 nitrogen and oxygen atoms in total. The highest BCUT2D eigenvalue weighted by molar-refractivity contribution is 6.01. The van der Waals surface area contributed by atoms with Gasteiger partial charge in [-0.15, -0.1) is 0 Å². The molecule has 0 aromatic carbocycles. The standard InChI is InChI=1S/C22H34N6O3/c1-22(21(31)24-16-8-4-3-5-9-16)15-28-18(20(30)26(22)2)14-17(25-28)19(29)23-10-13-27-11-6-7-12-27/h14,16H,3-13,15H2,1-2H3,(H,23,29)(H,24,31)/t22-/m1/s1. The number of fused-ring (bicyclic) bond motifs is 1. The number of hydrogen-bond acceptors (Lipinski definition) is 5. The van der Waals surface area contributed by atoms with Gasteiger partial charge in [0.1, 0.15) is 11.2 Å². The van der Waals surface area contributed by atoms with Crippen LogP contribution in [0.15, 0.2) is 6.07 Å². The molecular formula is C22H34N6O3. The molecule has 3 aliphatic rings. The molecule has 2 aliphatic heterocycles. The normalized spacial score (nSPS) is 24.8. The van der Waals surface area contributed by atoms with Crippen LogP contribution in [0.25, 0.3) is 0 Å². The molecule has 0 spiro atoms. The lowest BCUT2D eigenvalue weighted by atomic mass is 9.92. The second-order valence-electron chi connectivity index (χ2n) is 9.32. The van der Waals surface area contributed by atoms with Gasteiger partial charge in [0.15, 0.2) is 5.69 Å². The number of hydrogen-bond donors (Lipinski definition) is 2.